The van der Waals surface area contributed by atoms with Crippen LogP contribution in [0.3, 0.4) is 0 Å². The van der Waals surface area contributed by atoms with Crippen LogP contribution in [0.2, 0.25) is 0 Å². The molecule has 3 N–H and O–H groups in total. The molecule has 0 heterocycles. The summed E-state index contributed by atoms with van der Waals surface area (Å²) in [5, 5.41) is 23.4. The molecule has 0 aliphatic carbocycles. The first-order valence-electron chi connectivity index (χ1n) is 34.9. The minimum absolute atomic E-state index is 0.00728. The number of rotatable bonds is 66. The van der Waals surface area contributed by atoms with Gasteiger partial charge < -0.3 is 20.3 Å². The molecular formula is C70H137NO5. The molecule has 6 nitrogen and oxygen atoms in total. The maximum absolute atomic E-state index is 12.5. The van der Waals surface area contributed by atoms with E-state index >= 15 is 0 Å². The third-order valence-corrected chi connectivity index (χ3v) is 16.6. The fourth-order valence-electron chi connectivity index (χ4n) is 11.2. The van der Waals surface area contributed by atoms with Gasteiger partial charge in [0.15, 0.2) is 0 Å². The van der Waals surface area contributed by atoms with E-state index in [9.17, 15) is 19.8 Å². The Morgan fingerprint density at radius 1 is 0.355 bits per heavy atom. The first kappa shape index (κ1) is 74.6. The molecule has 0 aromatic heterocycles. The second-order valence-electron chi connectivity index (χ2n) is 24.2. The standard InChI is InChI=1S/C70H137NO5/c1-3-5-7-9-11-13-15-17-18-19-20-21-26-29-32-35-39-42-46-50-54-58-62-68(73)67(66-72)71-69(74)63-59-55-51-47-43-40-36-33-30-27-24-22-23-25-28-31-34-37-41-45-49-53-57-61-65-76-70(75)64-60-56-52-48-44-38-16-14-12-10-8-6-4-2/h14,16,67-68,72-73H,3-13,15,17-66H2,1-2H3,(H,71,74)/b16-14-. The summed E-state index contributed by atoms with van der Waals surface area (Å²) in [5.74, 6) is -0.0216. The second-order valence-corrected chi connectivity index (χ2v) is 24.2. The lowest BCUT2D eigenvalue weighted by atomic mass is 10.0. The van der Waals surface area contributed by atoms with Gasteiger partial charge in [0.25, 0.3) is 0 Å². The molecule has 0 fully saturated rings. The second kappa shape index (κ2) is 66.1. The van der Waals surface area contributed by atoms with Gasteiger partial charge in [-0.15, -0.1) is 0 Å². The van der Waals surface area contributed by atoms with Gasteiger partial charge in [-0.25, -0.2) is 0 Å². The Hall–Kier alpha value is -1.40. The summed E-state index contributed by atoms with van der Waals surface area (Å²) in [6, 6.07) is -0.541. The fourth-order valence-corrected chi connectivity index (χ4v) is 11.2. The van der Waals surface area contributed by atoms with Crippen LogP contribution in [-0.2, 0) is 14.3 Å². The minimum Gasteiger partial charge on any atom is -0.466 e. The van der Waals surface area contributed by atoms with Crippen LogP contribution in [0.4, 0.5) is 0 Å². The molecule has 452 valence electrons. The SMILES string of the molecule is CCCCCC/C=C\CCCCCCCC(=O)OCCCCCCCCCCCCCCCCCCCCCCCCCCC(=O)NC(CO)C(O)CCCCCCCCCCCCCCCCCCCCCCCC. The van der Waals surface area contributed by atoms with E-state index in [2.05, 4.69) is 31.3 Å². The lowest BCUT2D eigenvalue weighted by molar-refractivity contribution is -0.143. The van der Waals surface area contributed by atoms with Crippen molar-refractivity contribution < 1.29 is 24.5 Å². The van der Waals surface area contributed by atoms with Crippen molar-refractivity contribution in [2.24, 2.45) is 0 Å². The number of unbranched alkanes of at least 4 members (excludes halogenated alkanes) is 53. The van der Waals surface area contributed by atoms with Crippen LogP contribution in [0.5, 0.6) is 0 Å². The third-order valence-electron chi connectivity index (χ3n) is 16.6. The molecule has 0 aromatic carbocycles. The average molecular weight is 1070 g/mol. The maximum Gasteiger partial charge on any atom is 0.305 e. The summed E-state index contributed by atoms with van der Waals surface area (Å²) in [5.41, 5.74) is 0. The third kappa shape index (κ3) is 61.8. The van der Waals surface area contributed by atoms with Crippen molar-refractivity contribution in [3.63, 3.8) is 0 Å². The van der Waals surface area contributed by atoms with E-state index in [4.69, 9.17) is 4.74 Å². The molecule has 1 amide bonds. The van der Waals surface area contributed by atoms with Crippen molar-refractivity contribution in [2.45, 2.75) is 411 Å². The van der Waals surface area contributed by atoms with Crippen LogP contribution in [0.15, 0.2) is 12.2 Å². The van der Waals surface area contributed by atoms with E-state index in [1.54, 1.807) is 0 Å². The summed E-state index contributed by atoms with van der Waals surface area (Å²) < 4.78 is 5.48. The molecule has 0 aromatic rings. The molecule has 0 saturated carbocycles. The van der Waals surface area contributed by atoms with Gasteiger partial charge >= 0.3 is 5.97 Å². The summed E-state index contributed by atoms with van der Waals surface area (Å²) in [6.07, 6.45) is 81.1. The van der Waals surface area contributed by atoms with Crippen molar-refractivity contribution in [1.29, 1.82) is 0 Å². The molecule has 0 aliphatic rings. The molecule has 0 radical (unpaired) electrons. The first-order chi connectivity index (χ1) is 37.5. The van der Waals surface area contributed by atoms with Gasteiger partial charge in [0.2, 0.25) is 5.91 Å². The smallest absolute Gasteiger partial charge is 0.305 e. The molecule has 0 rings (SSSR count). The average Bonchev–Trinajstić information content (AvgIpc) is 3.42. The summed E-state index contributed by atoms with van der Waals surface area (Å²) >= 11 is 0. The quantitative estimate of drug-likeness (QED) is 0.0320. The number of nitrogens with one attached hydrogen (secondary N) is 1. The lowest BCUT2D eigenvalue weighted by Crippen LogP contribution is -2.45. The topological polar surface area (TPSA) is 95.9 Å². The number of aliphatic hydroxyl groups excluding tert-OH is 2. The van der Waals surface area contributed by atoms with Gasteiger partial charge in [0.1, 0.15) is 0 Å². The van der Waals surface area contributed by atoms with Gasteiger partial charge in [-0.05, 0) is 51.4 Å². The molecular weight excluding hydrogens is 935 g/mol. The van der Waals surface area contributed by atoms with Gasteiger partial charge in [0.05, 0.1) is 25.4 Å². The number of carbonyl (C=O) groups is 2. The van der Waals surface area contributed by atoms with Gasteiger partial charge in [-0.1, -0.05) is 347 Å². The number of ether oxygens (including phenoxy) is 1. The minimum atomic E-state index is -0.664. The monoisotopic (exact) mass is 1070 g/mol. The van der Waals surface area contributed by atoms with E-state index in [1.807, 2.05) is 0 Å². The highest BCUT2D eigenvalue weighted by Gasteiger charge is 2.20. The van der Waals surface area contributed by atoms with Gasteiger partial charge in [-0.2, -0.15) is 0 Å². The fraction of sp³-hybridized carbons (Fsp3) is 0.943. The van der Waals surface area contributed by atoms with Crippen molar-refractivity contribution in [1.82, 2.24) is 5.32 Å². The zero-order valence-electron chi connectivity index (χ0n) is 51.8. The van der Waals surface area contributed by atoms with Crippen LogP contribution < -0.4 is 5.32 Å². The van der Waals surface area contributed by atoms with Crippen LogP contribution in [0.25, 0.3) is 0 Å². The van der Waals surface area contributed by atoms with E-state index in [1.165, 1.54) is 321 Å². The Kier molecular flexibility index (Phi) is 64.9. The Balaban J connectivity index is 3.37. The Morgan fingerprint density at radius 2 is 0.618 bits per heavy atom. The van der Waals surface area contributed by atoms with Crippen LogP contribution in [0, 0.1) is 0 Å². The maximum atomic E-state index is 12.5. The number of allylic oxidation sites excluding steroid dienone is 2. The highest BCUT2D eigenvalue weighted by molar-refractivity contribution is 5.76. The molecule has 0 bridgehead atoms. The zero-order valence-corrected chi connectivity index (χ0v) is 51.8. The Morgan fingerprint density at radius 3 is 0.947 bits per heavy atom. The largest absolute Gasteiger partial charge is 0.466 e. The Labute approximate surface area is 476 Å². The number of aliphatic hydroxyl groups is 2. The van der Waals surface area contributed by atoms with Crippen LogP contribution in [-0.4, -0.2) is 47.4 Å². The highest BCUT2D eigenvalue weighted by Crippen LogP contribution is 2.19. The number of hydrogen-bond donors (Lipinski definition) is 3. The van der Waals surface area contributed by atoms with E-state index in [0.717, 1.165) is 44.9 Å². The zero-order chi connectivity index (χ0) is 55.0. The van der Waals surface area contributed by atoms with E-state index in [-0.39, 0.29) is 18.5 Å². The van der Waals surface area contributed by atoms with E-state index in [0.29, 0.717) is 25.9 Å². The number of carbonyl (C=O) groups excluding carboxylic acids is 2. The normalized spacial score (nSPS) is 12.5. The molecule has 0 saturated heterocycles. The number of hydrogen-bond acceptors (Lipinski definition) is 5. The Bertz CT molecular complexity index is 1140. The summed E-state index contributed by atoms with van der Waals surface area (Å²) in [6.45, 7) is 4.98. The van der Waals surface area contributed by atoms with Gasteiger partial charge in [0, 0.05) is 12.8 Å². The predicted octanol–water partition coefficient (Wildman–Crippen LogP) is 22.4. The predicted molar refractivity (Wildman–Crippen MR) is 333 cm³/mol. The molecule has 76 heavy (non-hydrogen) atoms. The summed E-state index contributed by atoms with van der Waals surface area (Å²) in [7, 11) is 0. The molecule has 2 unspecified atom stereocenters. The highest BCUT2D eigenvalue weighted by atomic mass is 16.5. The number of esters is 1. The van der Waals surface area contributed by atoms with Crippen LogP contribution in [0.1, 0.15) is 399 Å². The summed E-state index contributed by atoms with van der Waals surface area (Å²) in [4.78, 5) is 24.6. The van der Waals surface area contributed by atoms with Crippen molar-refractivity contribution >= 4 is 11.9 Å². The van der Waals surface area contributed by atoms with E-state index < -0.39 is 12.1 Å². The molecule has 6 heteroatoms. The molecule has 0 spiro atoms. The van der Waals surface area contributed by atoms with Crippen LogP contribution >= 0.6 is 0 Å². The van der Waals surface area contributed by atoms with Crippen molar-refractivity contribution in [3.8, 4) is 0 Å². The molecule has 2 atom stereocenters. The molecule has 0 aliphatic heterocycles. The van der Waals surface area contributed by atoms with Crippen molar-refractivity contribution in [3.05, 3.63) is 12.2 Å². The first-order valence-corrected chi connectivity index (χ1v) is 34.9. The lowest BCUT2D eigenvalue weighted by Gasteiger charge is -2.22. The van der Waals surface area contributed by atoms with Crippen molar-refractivity contribution in [2.75, 3.05) is 13.2 Å². The van der Waals surface area contributed by atoms with Gasteiger partial charge in [-0.3, -0.25) is 9.59 Å². The number of amides is 1.